The van der Waals surface area contributed by atoms with Gasteiger partial charge in [-0.15, -0.1) is 0 Å². The van der Waals surface area contributed by atoms with E-state index in [1.54, 1.807) is 14.7 Å². The number of hydrogen-bond acceptors (Lipinski definition) is 5. The average molecular weight is 592 g/mol. The highest BCUT2D eigenvalue weighted by atomic mass is 16.5. The molecule has 2 fully saturated rings. The SMILES string of the molecule is CC[C@]12C=CCN(c3ccccc3)C(=O)[C@H]1[C@H]1C(=O)N(CCCCO)C3C(=O)N(c4ccc5ccccc5c4)CC=C[C@@]31O2. The van der Waals surface area contributed by atoms with Gasteiger partial charge in [0.15, 0.2) is 0 Å². The predicted octanol–water partition coefficient (Wildman–Crippen LogP) is 4.48. The van der Waals surface area contributed by atoms with E-state index in [2.05, 4.69) is 0 Å². The van der Waals surface area contributed by atoms with Crippen molar-refractivity contribution < 1.29 is 24.2 Å². The van der Waals surface area contributed by atoms with Gasteiger partial charge in [0.05, 0.1) is 17.4 Å². The van der Waals surface area contributed by atoms with Gasteiger partial charge in [-0.05, 0) is 54.3 Å². The Bertz CT molecular complexity index is 1670. The maximum Gasteiger partial charge on any atom is 0.253 e. The zero-order valence-corrected chi connectivity index (χ0v) is 24.8. The van der Waals surface area contributed by atoms with Crippen molar-refractivity contribution in [3.8, 4) is 0 Å². The third kappa shape index (κ3) is 4.23. The number of anilines is 2. The fourth-order valence-corrected chi connectivity index (χ4v) is 7.81. The highest BCUT2D eigenvalue weighted by molar-refractivity contribution is 6.08. The first kappa shape index (κ1) is 28.5. The van der Waals surface area contributed by atoms with E-state index in [0.717, 1.165) is 22.1 Å². The van der Waals surface area contributed by atoms with Crippen LogP contribution in [0.4, 0.5) is 11.4 Å². The van der Waals surface area contributed by atoms with E-state index >= 15 is 0 Å². The van der Waals surface area contributed by atoms with Crippen LogP contribution in [0.25, 0.3) is 10.8 Å². The summed E-state index contributed by atoms with van der Waals surface area (Å²) in [4.78, 5) is 49.0. The van der Waals surface area contributed by atoms with Gasteiger partial charge in [-0.3, -0.25) is 14.4 Å². The Morgan fingerprint density at radius 2 is 1.48 bits per heavy atom. The van der Waals surface area contributed by atoms with Crippen molar-refractivity contribution in [2.75, 3.05) is 36.0 Å². The second kappa shape index (κ2) is 11.0. The number of nitrogens with zero attached hydrogens (tertiary/aromatic N) is 3. The summed E-state index contributed by atoms with van der Waals surface area (Å²) in [5, 5.41) is 11.6. The molecule has 3 aromatic carbocycles. The zero-order chi connectivity index (χ0) is 30.5. The van der Waals surface area contributed by atoms with Crippen molar-refractivity contribution in [1.82, 2.24) is 4.90 Å². The summed E-state index contributed by atoms with van der Waals surface area (Å²) in [7, 11) is 0. The van der Waals surface area contributed by atoms with Crippen molar-refractivity contribution >= 4 is 39.9 Å². The maximum absolute atomic E-state index is 14.8. The number of fused-ring (bicyclic) bond motifs is 3. The number of aliphatic hydroxyl groups is 1. The van der Waals surface area contributed by atoms with E-state index in [0.29, 0.717) is 32.4 Å². The molecule has 4 heterocycles. The molecule has 0 saturated carbocycles. The first-order valence-electron chi connectivity index (χ1n) is 15.6. The molecule has 0 aliphatic carbocycles. The number of hydrogen-bond donors (Lipinski definition) is 1. The van der Waals surface area contributed by atoms with Gasteiger partial charge in [0.25, 0.3) is 5.91 Å². The van der Waals surface area contributed by atoms with E-state index < -0.39 is 29.1 Å². The molecule has 0 bridgehead atoms. The lowest BCUT2D eigenvalue weighted by atomic mass is 9.73. The van der Waals surface area contributed by atoms with Crippen molar-refractivity contribution in [3.05, 3.63) is 97.1 Å². The number of rotatable bonds is 7. The lowest BCUT2D eigenvalue weighted by Gasteiger charge is -2.38. The number of unbranched alkanes of at least 4 members (excludes halogenated alkanes) is 1. The van der Waals surface area contributed by atoms with Crippen LogP contribution < -0.4 is 9.80 Å². The van der Waals surface area contributed by atoms with Crippen LogP contribution in [-0.2, 0) is 19.1 Å². The number of ether oxygens (including phenoxy) is 1. The Morgan fingerprint density at radius 1 is 0.773 bits per heavy atom. The molecule has 8 heteroatoms. The monoisotopic (exact) mass is 591 g/mol. The van der Waals surface area contributed by atoms with Crippen molar-refractivity contribution in [2.45, 2.75) is 43.4 Å². The minimum Gasteiger partial charge on any atom is -0.396 e. The molecule has 2 saturated heterocycles. The molecule has 3 amide bonds. The maximum atomic E-state index is 14.8. The number of para-hydroxylation sites is 1. The molecule has 44 heavy (non-hydrogen) atoms. The molecule has 3 aromatic rings. The number of aliphatic hydroxyl groups excluding tert-OH is 1. The minimum atomic E-state index is -1.32. The number of carbonyl (C=O) groups is 3. The molecule has 226 valence electrons. The van der Waals surface area contributed by atoms with E-state index in [1.807, 2.05) is 104 Å². The van der Waals surface area contributed by atoms with Gasteiger partial charge in [-0.25, -0.2) is 0 Å². The molecule has 0 aromatic heterocycles. The fraction of sp³-hybridized carbons (Fsp3) is 0.361. The van der Waals surface area contributed by atoms with Crippen LogP contribution in [0.1, 0.15) is 26.2 Å². The first-order chi connectivity index (χ1) is 21.4. The summed E-state index contributed by atoms with van der Waals surface area (Å²) < 4.78 is 7.08. The molecule has 4 aliphatic heterocycles. The lowest BCUT2D eigenvalue weighted by Crippen LogP contribution is -2.56. The summed E-state index contributed by atoms with van der Waals surface area (Å²) in [6.07, 6.45) is 9.22. The van der Waals surface area contributed by atoms with Crippen LogP contribution in [-0.4, -0.2) is 71.2 Å². The topological polar surface area (TPSA) is 90.4 Å². The van der Waals surface area contributed by atoms with Gasteiger partial charge in [-0.2, -0.15) is 0 Å². The molecule has 1 unspecified atom stereocenters. The third-order valence-corrected chi connectivity index (χ3v) is 9.86. The van der Waals surface area contributed by atoms with Gasteiger partial charge >= 0.3 is 0 Å². The summed E-state index contributed by atoms with van der Waals surface area (Å²) in [5.41, 5.74) is -0.865. The van der Waals surface area contributed by atoms with Crippen molar-refractivity contribution in [1.29, 1.82) is 0 Å². The number of benzene rings is 3. The highest BCUT2D eigenvalue weighted by Crippen LogP contribution is 2.58. The predicted molar refractivity (Wildman–Crippen MR) is 169 cm³/mol. The van der Waals surface area contributed by atoms with Gasteiger partial charge in [0, 0.05) is 37.6 Å². The summed E-state index contributed by atoms with van der Waals surface area (Å²) in [6.45, 7) is 2.93. The largest absolute Gasteiger partial charge is 0.396 e. The smallest absolute Gasteiger partial charge is 0.253 e. The van der Waals surface area contributed by atoms with Crippen LogP contribution in [0.2, 0.25) is 0 Å². The van der Waals surface area contributed by atoms with Crippen LogP contribution in [0.15, 0.2) is 97.1 Å². The minimum absolute atomic E-state index is 0.00821. The average Bonchev–Trinajstić information content (AvgIpc) is 3.33. The van der Waals surface area contributed by atoms with E-state index in [4.69, 9.17) is 4.74 Å². The van der Waals surface area contributed by atoms with Crippen LogP contribution >= 0.6 is 0 Å². The molecule has 0 radical (unpaired) electrons. The molecular formula is C36H37N3O5. The number of carbonyl (C=O) groups excluding carboxylic acids is 3. The second-order valence-corrected chi connectivity index (χ2v) is 12.2. The quantitative estimate of drug-likeness (QED) is 0.323. The first-order valence-corrected chi connectivity index (χ1v) is 15.6. The Morgan fingerprint density at radius 3 is 2.23 bits per heavy atom. The Hall–Kier alpha value is -4.27. The lowest BCUT2D eigenvalue weighted by molar-refractivity contribution is -0.145. The summed E-state index contributed by atoms with van der Waals surface area (Å²) >= 11 is 0. The molecule has 1 N–H and O–H groups in total. The third-order valence-electron chi connectivity index (χ3n) is 9.86. The second-order valence-electron chi connectivity index (χ2n) is 12.2. The molecule has 4 aliphatic rings. The summed E-state index contributed by atoms with van der Waals surface area (Å²) in [6, 6.07) is 22.5. The van der Waals surface area contributed by atoms with Gasteiger partial charge < -0.3 is 24.5 Å². The number of likely N-dealkylation sites (tertiary alicyclic amines) is 1. The van der Waals surface area contributed by atoms with E-state index in [9.17, 15) is 19.5 Å². The normalized spacial score (nSPS) is 29.5. The van der Waals surface area contributed by atoms with Gasteiger partial charge in [-0.1, -0.05) is 79.8 Å². The van der Waals surface area contributed by atoms with Crippen molar-refractivity contribution in [3.63, 3.8) is 0 Å². The Kier molecular flexibility index (Phi) is 7.14. The molecular weight excluding hydrogens is 554 g/mol. The highest BCUT2D eigenvalue weighted by Gasteiger charge is 2.75. The standard InChI is InChI=1S/C36H37N3O5/c1-2-35-18-10-21-37(27-14-4-3-5-15-27)32(41)29(35)30-33(42)39(20-8-9-23-40)31-34(43)38(22-11-19-36(30,31)44-35)28-17-16-25-12-6-7-13-26(25)24-28/h3-7,10-19,24,29-31,40H,2,8-9,20-23H2,1H3/t29-,30+,31?,35+,36+/m1/s1. The molecule has 1 spiro atoms. The Balaban J connectivity index is 1.34. The molecule has 7 rings (SSSR count). The molecule has 5 atom stereocenters. The van der Waals surface area contributed by atoms with E-state index in [1.165, 1.54) is 0 Å². The van der Waals surface area contributed by atoms with Crippen LogP contribution in [0, 0.1) is 11.8 Å². The van der Waals surface area contributed by atoms with Crippen molar-refractivity contribution in [2.24, 2.45) is 11.8 Å². The fourth-order valence-electron chi connectivity index (χ4n) is 7.81. The summed E-state index contributed by atoms with van der Waals surface area (Å²) in [5.74, 6) is -2.34. The number of amides is 3. The van der Waals surface area contributed by atoms with Gasteiger partial charge in [0.1, 0.15) is 11.6 Å². The molecule has 8 nitrogen and oxygen atoms in total. The zero-order valence-electron chi connectivity index (χ0n) is 24.8. The van der Waals surface area contributed by atoms with E-state index in [-0.39, 0.29) is 30.9 Å². The Labute approximate surface area is 257 Å². The van der Waals surface area contributed by atoms with Gasteiger partial charge in [0.2, 0.25) is 11.8 Å². The van der Waals surface area contributed by atoms with Crippen LogP contribution in [0.3, 0.4) is 0 Å². The van der Waals surface area contributed by atoms with Crippen LogP contribution in [0.5, 0.6) is 0 Å².